The number of ketones is 1. The molecule has 0 N–H and O–H groups in total. The first-order valence-corrected chi connectivity index (χ1v) is 12.9. The Morgan fingerprint density at radius 2 is 1.57 bits per heavy atom. The van der Waals surface area contributed by atoms with Crippen molar-refractivity contribution in [3.63, 3.8) is 0 Å². The van der Waals surface area contributed by atoms with Crippen LogP contribution in [0.2, 0.25) is 0 Å². The lowest BCUT2D eigenvalue weighted by Gasteiger charge is -2.25. The van der Waals surface area contributed by atoms with Gasteiger partial charge in [0.05, 0.1) is 23.0 Å². The van der Waals surface area contributed by atoms with Crippen molar-refractivity contribution >= 4 is 26.7 Å². The first-order valence-electron chi connectivity index (χ1n) is 11.0. The molecule has 0 saturated heterocycles. The Morgan fingerprint density at radius 3 is 2.23 bits per heavy atom. The van der Waals surface area contributed by atoms with Crippen molar-refractivity contribution in [1.29, 1.82) is 0 Å². The quantitative estimate of drug-likeness (QED) is 0.336. The van der Waals surface area contributed by atoms with Gasteiger partial charge in [-0.3, -0.25) is 4.79 Å². The van der Waals surface area contributed by atoms with Crippen molar-refractivity contribution in [2.24, 2.45) is 0 Å². The number of Topliss-reactive ketones (excluding diaryl/α,β-unsaturated/α-hetero) is 1. The molecule has 1 aliphatic rings. The summed E-state index contributed by atoms with van der Waals surface area (Å²) >= 11 is 0. The van der Waals surface area contributed by atoms with Gasteiger partial charge in [0.2, 0.25) is 10.0 Å². The zero-order valence-corrected chi connectivity index (χ0v) is 19.9. The van der Waals surface area contributed by atoms with Gasteiger partial charge >= 0.3 is 6.18 Å². The molecule has 0 radical (unpaired) electrons. The topological polar surface area (TPSA) is 56.1 Å². The van der Waals surface area contributed by atoms with Crippen LogP contribution in [0.1, 0.15) is 40.4 Å². The van der Waals surface area contributed by atoms with Gasteiger partial charge in [0.1, 0.15) is 0 Å². The molecule has 35 heavy (non-hydrogen) atoms. The summed E-state index contributed by atoms with van der Waals surface area (Å²) in [7, 11) is -3.82. The molecule has 4 aromatic rings. The molecule has 0 saturated carbocycles. The molecule has 180 valence electrons. The number of alkyl halides is 3. The number of nitrogens with zero attached hydrogens (tertiary/aromatic N) is 1. The summed E-state index contributed by atoms with van der Waals surface area (Å²) in [6.07, 6.45) is -2.83. The molecular weight excluding hydrogens is 475 g/mol. The van der Waals surface area contributed by atoms with Gasteiger partial charge in [0, 0.05) is 22.8 Å². The predicted molar refractivity (Wildman–Crippen MR) is 129 cm³/mol. The summed E-state index contributed by atoms with van der Waals surface area (Å²) < 4.78 is 66.8. The molecular formula is C27H22F3NO3S. The summed E-state index contributed by atoms with van der Waals surface area (Å²) in [6, 6.07) is 18.9. The fourth-order valence-electron chi connectivity index (χ4n) is 5.25. The molecule has 0 spiro atoms. The second kappa shape index (κ2) is 7.81. The number of hydrogen-bond donors (Lipinski definition) is 0. The van der Waals surface area contributed by atoms with Crippen LogP contribution in [0.3, 0.4) is 0 Å². The summed E-state index contributed by atoms with van der Waals surface area (Å²) in [5.41, 5.74) is 1.93. The van der Waals surface area contributed by atoms with E-state index in [2.05, 4.69) is 0 Å². The van der Waals surface area contributed by atoms with Crippen LogP contribution in [0.4, 0.5) is 13.2 Å². The van der Waals surface area contributed by atoms with Gasteiger partial charge in [0.15, 0.2) is 5.78 Å². The largest absolute Gasteiger partial charge is 0.416 e. The molecule has 1 atom stereocenters. The van der Waals surface area contributed by atoms with Crippen LogP contribution in [0.15, 0.2) is 72.8 Å². The van der Waals surface area contributed by atoms with Crippen LogP contribution in [0, 0.1) is 0 Å². The molecule has 0 fully saturated rings. The van der Waals surface area contributed by atoms with Crippen LogP contribution in [-0.4, -0.2) is 24.4 Å². The Morgan fingerprint density at radius 1 is 0.943 bits per heavy atom. The number of carbonyl (C=O) groups is 1. The monoisotopic (exact) mass is 497 g/mol. The minimum Gasteiger partial charge on any atom is -0.294 e. The normalized spacial score (nSPS) is 18.3. The predicted octanol–water partition coefficient (Wildman–Crippen LogP) is 6.22. The van der Waals surface area contributed by atoms with Crippen LogP contribution >= 0.6 is 0 Å². The lowest BCUT2D eigenvalue weighted by Crippen LogP contribution is -2.23. The van der Waals surface area contributed by atoms with E-state index < -0.39 is 27.2 Å². The van der Waals surface area contributed by atoms with E-state index in [0.717, 1.165) is 24.0 Å². The number of halogens is 3. The molecule has 8 heteroatoms. The molecule has 0 bridgehead atoms. The molecule has 0 aliphatic heterocycles. The summed E-state index contributed by atoms with van der Waals surface area (Å²) in [4.78, 5) is 12.8. The van der Waals surface area contributed by atoms with E-state index in [4.69, 9.17) is 0 Å². The highest BCUT2D eigenvalue weighted by atomic mass is 32.2. The number of para-hydroxylation sites is 1. The number of carbonyl (C=O) groups excluding carboxylic acids is 1. The highest BCUT2D eigenvalue weighted by Crippen LogP contribution is 2.45. The Bertz CT molecular complexity index is 1580. The maximum Gasteiger partial charge on any atom is 0.416 e. The number of aromatic nitrogens is 1. The lowest BCUT2D eigenvalue weighted by molar-refractivity contribution is -0.137. The molecule has 0 amide bonds. The van der Waals surface area contributed by atoms with Gasteiger partial charge in [-0.05, 0) is 41.3 Å². The van der Waals surface area contributed by atoms with E-state index in [9.17, 15) is 26.4 Å². The van der Waals surface area contributed by atoms with E-state index in [1.807, 2.05) is 31.2 Å². The van der Waals surface area contributed by atoms with Gasteiger partial charge in [-0.2, -0.15) is 13.2 Å². The molecule has 1 heterocycles. The van der Waals surface area contributed by atoms with Crippen LogP contribution in [0.25, 0.3) is 22.2 Å². The maximum absolute atomic E-state index is 13.2. The SMILES string of the molecule is C[C@]1(Cc2c(-c3ccc(C(F)(F)F)cc3)n(S(C)(=O)=O)c3ccccc23)CC(=O)c2ccccc21. The minimum atomic E-state index is -4.51. The number of rotatable bonds is 4. The zero-order valence-electron chi connectivity index (χ0n) is 19.1. The van der Waals surface area contributed by atoms with Crippen molar-refractivity contribution in [1.82, 2.24) is 3.97 Å². The fraction of sp³-hybridized carbons (Fsp3) is 0.222. The number of hydrogen-bond acceptors (Lipinski definition) is 3. The van der Waals surface area contributed by atoms with Gasteiger partial charge in [0.25, 0.3) is 0 Å². The van der Waals surface area contributed by atoms with Crippen molar-refractivity contribution in [2.75, 3.05) is 6.26 Å². The van der Waals surface area contributed by atoms with Gasteiger partial charge in [-0.25, -0.2) is 12.4 Å². The van der Waals surface area contributed by atoms with Gasteiger partial charge in [-0.1, -0.05) is 61.5 Å². The van der Waals surface area contributed by atoms with E-state index in [1.165, 1.54) is 16.1 Å². The highest BCUT2D eigenvalue weighted by molar-refractivity contribution is 7.89. The molecule has 1 aromatic heterocycles. The third-order valence-electron chi connectivity index (χ3n) is 6.75. The van der Waals surface area contributed by atoms with E-state index in [-0.39, 0.29) is 12.2 Å². The van der Waals surface area contributed by atoms with E-state index >= 15 is 0 Å². The maximum atomic E-state index is 13.2. The third kappa shape index (κ3) is 3.86. The minimum absolute atomic E-state index is 0.0195. The molecule has 5 rings (SSSR count). The second-order valence-electron chi connectivity index (χ2n) is 9.33. The molecule has 0 unspecified atom stereocenters. The highest BCUT2D eigenvalue weighted by Gasteiger charge is 2.41. The summed E-state index contributed by atoms with van der Waals surface area (Å²) in [5, 5.41) is 0.686. The average molecular weight is 498 g/mol. The number of benzene rings is 3. The molecule has 3 aromatic carbocycles. The fourth-order valence-corrected chi connectivity index (χ4v) is 6.32. The van der Waals surface area contributed by atoms with Crippen LogP contribution in [0.5, 0.6) is 0 Å². The summed E-state index contributed by atoms with van der Waals surface area (Å²) in [5.74, 6) is 0.0195. The average Bonchev–Trinajstić information content (AvgIpc) is 3.25. The zero-order chi connectivity index (χ0) is 25.2. The van der Waals surface area contributed by atoms with E-state index in [0.29, 0.717) is 39.7 Å². The molecule has 4 nitrogen and oxygen atoms in total. The Balaban J connectivity index is 1.78. The standard InChI is InChI=1S/C27H22F3NO3S/c1-26(16-24(32)20-8-3-5-9-22(20)26)15-21-19-7-4-6-10-23(19)31(35(2,33)34)25(21)17-11-13-18(14-12-17)27(28,29)30/h3-14H,15-16H2,1-2H3/t26-/m0/s1. The Labute approximate surface area is 201 Å². The first-order chi connectivity index (χ1) is 16.4. The Kier molecular flexibility index (Phi) is 5.21. The van der Waals surface area contributed by atoms with Crippen molar-refractivity contribution in [3.05, 3.63) is 95.1 Å². The van der Waals surface area contributed by atoms with Crippen molar-refractivity contribution < 1.29 is 26.4 Å². The molecule has 1 aliphatic carbocycles. The second-order valence-corrected chi connectivity index (χ2v) is 11.2. The van der Waals surface area contributed by atoms with E-state index in [1.54, 1.807) is 24.3 Å². The van der Waals surface area contributed by atoms with Gasteiger partial charge < -0.3 is 0 Å². The van der Waals surface area contributed by atoms with Gasteiger partial charge in [-0.15, -0.1) is 0 Å². The lowest BCUT2D eigenvalue weighted by atomic mass is 9.77. The summed E-state index contributed by atoms with van der Waals surface area (Å²) in [6.45, 7) is 1.97. The first kappa shape index (κ1) is 23.4. The third-order valence-corrected chi connectivity index (χ3v) is 7.79. The van der Waals surface area contributed by atoms with Crippen molar-refractivity contribution in [2.45, 2.75) is 31.4 Å². The smallest absolute Gasteiger partial charge is 0.294 e. The Hall–Kier alpha value is -3.39. The van der Waals surface area contributed by atoms with Crippen LogP contribution < -0.4 is 0 Å². The van der Waals surface area contributed by atoms with Crippen LogP contribution in [-0.2, 0) is 28.0 Å². The van der Waals surface area contributed by atoms with Crippen molar-refractivity contribution in [3.8, 4) is 11.3 Å². The number of fused-ring (bicyclic) bond motifs is 2.